The van der Waals surface area contributed by atoms with E-state index < -0.39 is 11.4 Å². The van der Waals surface area contributed by atoms with Crippen LogP contribution < -0.4 is 0 Å². The van der Waals surface area contributed by atoms with E-state index in [1.807, 2.05) is 13.8 Å². The summed E-state index contributed by atoms with van der Waals surface area (Å²) in [5.74, 6) is -0.0985. The van der Waals surface area contributed by atoms with Gasteiger partial charge in [-0.1, -0.05) is 20.3 Å². The number of carbonyl (C=O) groups is 2. The smallest absolute Gasteiger partial charge is 0.372 e. The zero-order chi connectivity index (χ0) is 13.8. The van der Waals surface area contributed by atoms with Gasteiger partial charge in [-0.2, -0.15) is 0 Å². The molecule has 1 aliphatic carbocycles. The number of ketones is 1. The largest absolute Gasteiger partial charge is 0.490 e. The highest BCUT2D eigenvalue weighted by Gasteiger charge is 2.36. The molecular weight excluding hydrogens is 232 g/mol. The third-order valence-corrected chi connectivity index (χ3v) is 3.56. The molecule has 1 unspecified atom stereocenters. The molecule has 1 aliphatic rings. The number of methoxy groups -OCH3 is 2. The zero-order valence-corrected chi connectivity index (χ0v) is 11.6. The lowest BCUT2D eigenvalue weighted by molar-refractivity contribution is -0.140. The fraction of sp³-hybridized carbons (Fsp3) is 0.714. The molecule has 0 aromatic carbocycles. The molecule has 18 heavy (non-hydrogen) atoms. The van der Waals surface area contributed by atoms with Crippen LogP contribution in [-0.4, -0.2) is 26.0 Å². The number of allylic oxidation sites excluding steroid dienone is 1. The Morgan fingerprint density at radius 3 is 2.44 bits per heavy atom. The van der Waals surface area contributed by atoms with E-state index in [1.165, 1.54) is 14.2 Å². The Bertz CT molecular complexity index is 355. The number of hydrogen-bond acceptors (Lipinski definition) is 4. The molecule has 1 rings (SSSR count). The summed E-state index contributed by atoms with van der Waals surface area (Å²) in [6.07, 6.45) is 5.27. The topological polar surface area (TPSA) is 52.6 Å². The van der Waals surface area contributed by atoms with E-state index in [9.17, 15) is 9.59 Å². The van der Waals surface area contributed by atoms with Gasteiger partial charge in [0, 0.05) is 12.3 Å². The molecule has 1 atom stereocenters. The van der Waals surface area contributed by atoms with Crippen LogP contribution in [-0.2, 0) is 19.1 Å². The van der Waals surface area contributed by atoms with Crippen molar-refractivity contribution >= 4 is 11.8 Å². The van der Waals surface area contributed by atoms with Crippen LogP contribution in [0.2, 0.25) is 0 Å². The molecule has 102 valence electrons. The lowest BCUT2D eigenvalue weighted by atomic mass is 9.70. The lowest BCUT2D eigenvalue weighted by Gasteiger charge is -2.33. The van der Waals surface area contributed by atoms with Gasteiger partial charge in [-0.15, -0.1) is 0 Å². The molecule has 0 aliphatic heterocycles. The fourth-order valence-electron chi connectivity index (χ4n) is 2.51. The van der Waals surface area contributed by atoms with Gasteiger partial charge in [0.2, 0.25) is 5.76 Å². The number of carbonyl (C=O) groups excluding carboxylic acids is 2. The minimum Gasteiger partial charge on any atom is -0.490 e. The molecular formula is C14H22O4. The molecule has 0 radical (unpaired) electrons. The number of esters is 1. The van der Waals surface area contributed by atoms with Crippen molar-refractivity contribution in [2.45, 2.75) is 39.5 Å². The molecule has 1 saturated carbocycles. The monoisotopic (exact) mass is 254 g/mol. The second kappa shape index (κ2) is 6.03. The highest BCUT2D eigenvalue weighted by atomic mass is 16.6. The normalized spacial score (nSPS) is 21.7. The Morgan fingerprint density at radius 1 is 1.28 bits per heavy atom. The first kappa shape index (κ1) is 14.7. The molecule has 1 fully saturated rings. The first-order valence-corrected chi connectivity index (χ1v) is 6.30. The van der Waals surface area contributed by atoms with Crippen molar-refractivity contribution in [1.82, 2.24) is 0 Å². The van der Waals surface area contributed by atoms with Gasteiger partial charge in [0.25, 0.3) is 0 Å². The van der Waals surface area contributed by atoms with Gasteiger partial charge in [-0.05, 0) is 24.3 Å². The molecule has 4 nitrogen and oxygen atoms in total. The van der Waals surface area contributed by atoms with Gasteiger partial charge >= 0.3 is 5.97 Å². The Kier molecular flexibility index (Phi) is 4.93. The van der Waals surface area contributed by atoms with E-state index in [1.54, 1.807) is 6.08 Å². The van der Waals surface area contributed by atoms with Crippen molar-refractivity contribution in [1.29, 1.82) is 0 Å². The van der Waals surface area contributed by atoms with E-state index in [0.717, 1.165) is 19.3 Å². The average Bonchev–Trinajstić information content (AvgIpc) is 2.35. The van der Waals surface area contributed by atoms with Gasteiger partial charge in [-0.25, -0.2) is 4.79 Å². The van der Waals surface area contributed by atoms with Crippen molar-refractivity contribution in [2.75, 3.05) is 14.2 Å². The highest BCUT2D eigenvalue weighted by Crippen LogP contribution is 2.38. The fourth-order valence-corrected chi connectivity index (χ4v) is 2.51. The summed E-state index contributed by atoms with van der Waals surface area (Å²) in [5, 5.41) is 0. The quantitative estimate of drug-likeness (QED) is 0.439. The zero-order valence-electron chi connectivity index (χ0n) is 11.6. The summed E-state index contributed by atoms with van der Waals surface area (Å²) in [7, 11) is 2.75. The summed E-state index contributed by atoms with van der Waals surface area (Å²) in [5.41, 5.74) is -0.392. The molecule has 0 aromatic heterocycles. The van der Waals surface area contributed by atoms with Crippen LogP contribution in [0, 0.1) is 11.3 Å². The van der Waals surface area contributed by atoms with Crippen LogP contribution in [0.15, 0.2) is 11.8 Å². The standard InChI is InChI=1S/C14H22O4/c1-14(2,9-12(17-3)13(16)18-4)10-7-5-6-8-11(10)15/h9-10H,5-8H2,1-4H3/b12-9-. The SMILES string of the molecule is COC(=O)/C(=C/C(C)(C)C1CCCCC1=O)OC. The second-order valence-electron chi connectivity index (χ2n) is 5.29. The van der Waals surface area contributed by atoms with Crippen molar-refractivity contribution < 1.29 is 19.1 Å². The van der Waals surface area contributed by atoms with Crippen molar-refractivity contribution in [3.63, 3.8) is 0 Å². The molecule has 0 amide bonds. The molecule has 0 aromatic rings. The predicted molar refractivity (Wildman–Crippen MR) is 67.9 cm³/mol. The van der Waals surface area contributed by atoms with E-state index >= 15 is 0 Å². The summed E-state index contributed by atoms with van der Waals surface area (Å²) in [6.45, 7) is 3.92. The lowest BCUT2D eigenvalue weighted by Crippen LogP contribution is -2.32. The summed E-state index contributed by atoms with van der Waals surface area (Å²) < 4.78 is 9.69. The van der Waals surface area contributed by atoms with Crippen molar-refractivity contribution in [3.8, 4) is 0 Å². The van der Waals surface area contributed by atoms with Gasteiger partial charge < -0.3 is 9.47 Å². The van der Waals surface area contributed by atoms with E-state index in [-0.39, 0.29) is 17.5 Å². The van der Waals surface area contributed by atoms with E-state index in [2.05, 4.69) is 4.74 Å². The molecule has 0 bridgehead atoms. The average molecular weight is 254 g/mol. The molecule has 4 heteroatoms. The van der Waals surface area contributed by atoms with Gasteiger partial charge in [0.15, 0.2) is 0 Å². The minimum absolute atomic E-state index is 0.0407. The van der Waals surface area contributed by atoms with Crippen LogP contribution in [0.1, 0.15) is 39.5 Å². The van der Waals surface area contributed by atoms with Gasteiger partial charge in [-0.3, -0.25) is 4.79 Å². The highest BCUT2D eigenvalue weighted by molar-refractivity contribution is 5.87. The van der Waals surface area contributed by atoms with E-state index in [4.69, 9.17) is 4.74 Å². The molecule has 0 spiro atoms. The maximum Gasteiger partial charge on any atom is 0.372 e. The van der Waals surface area contributed by atoms with Crippen LogP contribution in [0.5, 0.6) is 0 Å². The number of hydrogen-bond donors (Lipinski definition) is 0. The van der Waals surface area contributed by atoms with Crippen LogP contribution in [0.3, 0.4) is 0 Å². The Labute approximate surface area is 108 Å². The van der Waals surface area contributed by atoms with Crippen molar-refractivity contribution in [2.24, 2.45) is 11.3 Å². The molecule has 0 heterocycles. The second-order valence-corrected chi connectivity index (χ2v) is 5.29. The first-order chi connectivity index (χ1) is 8.42. The number of Topliss-reactive ketones (excluding diaryl/α,β-unsaturated/α-hetero) is 1. The summed E-state index contributed by atoms with van der Waals surface area (Å²) in [4.78, 5) is 23.4. The van der Waals surface area contributed by atoms with Gasteiger partial charge in [0.05, 0.1) is 14.2 Å². The third kappa shape index (κ3) is 3.34. The number of rotatable bonds is 4. The minimum atomic E-state index is -0.506. The summed E-state index contributed by atoms with van der Waals surface area (Å²) >= 11 is 0. The Morgan fingerprint density at radius 2 is 1.94 bits per heavy atom. The first-order valence-electron chi connectivity index (χ1n) is 6.30. The molecule has 0 N–H and O–H groups in total. The van der Waals surface area contributed by atoms with Crippen LogP contribution in [0.25, 0.3) is 0 Å². The van der Waals surface area contributed by atoms with Gasteiger partial charge in [0.1, 0.15) is 5.78 Å². The van der Waals surface area contributed by atoms with Crippen LogP contribution >= 0.6 is 0 Å². The summed E-state index contributed by atoms with van der Waals surface area (Å²) in [6, 6.07) is 0. The van der Waals surface area contributed by atoms with E-state index in [0.29, 0.717) is 6.42 Å². The Hall–Kier alpha value is -1.32. The predicted octanol–water partition coefficient (Wildman–Crippen LogP) is 2.48. The maximum absolute atomic E-state index is 12.0. The van der Waals surface area contributed by atoms with Crippen LogP contribution in [0.4, 0.5) is 0 Å². The Balaban J connectivity index is 2.93. The van der Waals surface area contributed by atoms with Crippen molar-refractivity contribution in [3.05, 3.63) is 11.8 Å². The number of ether oxygens (including phenoxy) is 2. The molecule has 0 saturated heterocycles. The third-order valence-electron chi connectivity index (χ3n) is 3.56. The maximum atomic E-state index is 12.0.